The van der Waals surface area contributed by atoms with Gasteiger partial charge in [0.2, 0.25) is 0 Å². The van der Waals surface area contributed by atoms with Crippen molar-refractivity contribution in [2.75, 3.05) is 31.1 Å². The van der Waals surface area contributed by atoms with Crippen molar-refractivity contribution in [1.82, 2.24) is 14.9 Å². The monoisotopic (exact) mass is 288 g/mol. The van der Waals surface area contributed by atoms with Gasteiger partial charge in [0.25, 0.3) is 0 Å². The van der Waals surface area contributed by atoms with Gasteiger partial charge in [-0.1, -0.05) is 0 Å². The molecule has 2 aromatic rings. The molecule has 1 aliphatic rings. The molecule has 2 aromatic heterocycles. The highest BCUT2D eigenvalue weighted by Gasteiger charge is 2.24. The Kier molecular flexibility index (Phi) is 4.28. The molecule has 0 saturated carbocycles. The van der Waals surface area contributed by atoms with Gasteiger partial charge in [-0.05, 0) is 31.0 Å². The molecule has 106 valence electrons. The minimum absolute atomic E-state index is 0.535. The largest absolute Gasteiger partial charge is 0.343 e. The van der Waals surface area contributed by atoms with Crippen LogP contribution in [0.4, 0.5) is 5.13 Å². The Balaban J connectivity index is 1.52. The Hall–Kier alpha value is -1.46. The smallest absolute Gasteiger partial charge is 0.185 e. The first-order valence-electron chi connectivity index (χ1n) is 7.10. The van der Waals surface area contributed by atoms with Gasteiger partial charge in [-0.15, -0.1) is 11.3 Å². The van der Waals surface area contributed by atoms with Gasteiger partial charge < -0.3 is 4.90 Å². The molecule has 0 radical (unpaired) electrons. The van der Waals surface area contributed by atoms with Crippen molar-refractivity contribution in [3.63, 3.8) is 0 Å². The van der Waals surface area contributed by atoms with Crippen LogP contribution < -0.4 is 4.90 Å². The number of thiazole rings is 1. The minimum Gasteiger partial charge on any atom is -0.343 e. The van der Waals surface area contributed by atoms with E-state index in [0.717, 1.165) is 37.7 Å². The number of anilines is 1. The molecule has 0 amide bonds. The standard InChI is InChI=1S/C15H20N4S/c1-13-12-18(8-4-14-2-5-16-6-3-14)9-10-19(13)15-17-7-11-20-15/h2-3,5-7,11,13H,4,8-10,12H2,1H3/t13-/m0/s1. The summed E-state index contributed by atoms with van der Waals surface area (Å²) in [6.45, 7) is 6.73. The third-order valence-electron chi connectivity index (χ3n) is 3.84. The summed E-state index contributed by atoms with van der Waals surface area (Å²) in [5.41, 5.74) is 1.37. The maximum atomic E-state index is 4.43. The second kappa shape index (κ2) is 6.33. The Bertz CT molecular complexity index is 514. The number of hydrogen-bond donors (Lipinski definition) is 0. The first-order chi connectivity index (χ1) is 9.83. The van der Waals surface area contributed by atoms with Gasteiger partial charge in [0, 0.05) is 56.2 Å². The van der Waals surface area contributed by atoms with Crippen molar-refractivity contribution in [3.8, 4) is 0 Å². The van der Waals surface area contributed by atoms with Gasteiger partial charge in [0.05, 0.1) is 0 Å². The van der Waals surface area contributed by atoms with E-state index < -0.39 is 0 Å². The lowest BCUT2D eigenvalue weighted by atomic mass is 10.1. The molecule has 3 heterocycles. The quantitative estimate of drug-likeness (QED) is 0.864. The fourth-order valence-corrected chi connectivity index (χ4v) is 3.49. The van der Waals surface area contributed by atoms with Crippen LogP contribution in [0.2, 0.25) is 0 Å². The Morgan fingerprint density at radius 1 is 1.25 bits per heavy atom. The number of pyridine rings is 1. The molecule has 0 spiro atoms. The maximum absolute atomic E-state index is 4.43. The molecular weight excluding hydrogens is 268 g/mol. The SMILES string of the molecule is C[C@H]1CN(CCc2ccncc2)CCN1c1nccs1. The molecule has 3 rings (SSSR count). The van der Waals surface area contributed by atoms with Crippen molar-refractivity contribution in [2.24, 2.45) is 0 Å². The summed E-state index contributed by atoms with van der Waals surface area (Å²) < 4.78 is 0. The van der Waals surface area contributed by atoms with E-state index in [1.807, 2.05) is 18.6 Å². The Morgan fingerprint density at radius 3 is 2.80 bits per heavy atom. The minimum atomic E-state index is 0.535. The van der Waals surface area contributed by atoms with E-state index in [4.69, 9.17) is 0 Å². The van der Waals surface area contributed by atoms with Crippen LogP contribution >= 0.6 is 11.3 Å². The molecule has 1 fully saturated rings. The third-order valence-corrected chi connectivity index (χ3v) is 4.65. The summed E-state index contributed by atoms with van der Waals surface area (Å²) >= 11 is 1.73. The van der Waals surface area contributed by atoms with Crippen LogP contribution in [0.5, 0.6) is 0 Å². The molecule has 4 nitrogen and oxygen atoms in total. The zero-order valence-electron chi connectivity index (χ0n) is 11.8. The van der Waals surface area contributed by atoms with Crippen LogP contribution in [0.25, 0.3) is 0 Å². The predicted molar refractivity (Wildman–Crippen MR) is 83.3 cm³/mol. The van der Waals surface area contributed by atoms with Crippen LogP contribution in [-0.2, 0) is 6.42 Å². The van der Waals surface area contributed by atoms with Crippen molar-refractivity contribution < 1.29 is 0 Å². The van der Waals surface area contributed by atoms with Crippen LogP contribution in [-0.4, -0.2) is 47.1 Å². The van der Waals surface area contributed by atoms with Crippen molar-refractivity contribution in [1.29, 1.82) is 0 Å². The molecule has 0 bridgehead atoms. The van der Waals surface area contributed by atoms with Crippen molar-refractivity contribution in [3.05, 3.63) is 41.7 Å². The molecule has 0 unspecified atom stereocenters. The van der Waals surface area contributed by atoms with Gasteiger partial charge >= 0.3 is 0 Å². The number of nitrogens with zero attached hydrogens (tertiary/aromatic N) is 4. The number of aromatic nitrogens is 2. The van der Waals surface area contributed by atoms with E-state index in [1.165, 1.54) is 5.56 Å². The zero-order chi connectivity index (χ0) is 13.8. The van der Waals surface area contributed by atoms with Gasteiger partial charge in [-0.2, -0.15) is 0 Å². The fraction of sp³-hybridized carbons (Fsp3) is 0.467. The molecule has 0 aliphatic carbocycles. The van der Waals surface area contributed by atoms with E-state index in [1.54, 1.807) is 11.3 Å². The molecule has 1 atom stereocenters. The summed E-state index contributed by atoms with van der Waals surface area (Å²) in [6, 6.07) is 4.75. The van der Waals surface area contributed by atoms with Crippen LogP contribution in [0, 0.1) is 0 Å². The molecule has 0 aromatic carbocycles. The maximum Gasteiger partial charge on any atom is 0.185 e. The second-order valence-corrected chi connectivity index (χ2v) is 6.14. The van der Waals surface area contributed by atoms with E-state index in [2.05, 4.69) is 44.2 Å². The molecule has 20 heavy (non-hydrogen) atoms. The van der Waals surface area contributed by atoms with Gasteiger partial charge in [0.15, 0.2) is 5.13 Å². The van der Waals surface area contributed by atoms with Crippen LogP contribution in [0.1, 0.15) is 12.5 Å². The van der Waals surface area contributed by atoms with E-state index >= 15 is 0 Å². The summed E-state index contributed by atoms with van der Waals surface area (Å²) in [5.74, 6) is 0. The molecule has 1 aliphatic heterocycles. The van der Waals surface area contributed by atoms with Crippen LogP contribution in [0.3, 0.4) is 0 Å². The van der Waals surface area contributed by atoms with Crippen molar-refractivity contribution >= 4 is 16.5 Å². The van der Waals surface area contributed by atoms with E-state index in [0.29, 0.717) is 6.04 Å². The first kappa shape index (κ1) is 13.5. The zero-order valence-corrected chi connectivity index (χ0v) is 12.6. The lowest BCUT2D eigenvalue weighted by molar-refractivity contribution is 0.231. The highest BCUT2D eigenvalue weighted by molar-refractivity contribution is 7.13. The molecule has 1 saturated heterocycles. The summed E-state index contributed by atoms with van der Waals surface area (Å²) in [6.07, 6.45) is 6.74. The predicted octanol–water partition coefficient (Wildman–Crippen LogP) is 2.29. The van der Waals surface area contributed by atoms with Crippen molar-refractivity contribution in [2.45, 2.75) is 19.4 Å². The highest BCUT2D eigenvalue weighted by atomic mass is 32.1. The molecule has 0 N–H and O–H groups in total. The summed E-state index contributed by atoms with van der Waals surface area (Å²) in [5, 5.41) is 3.21. The Morgan fingerprint density at radius 2 is 2.10 bits per heavy atom. The number of hydrogen-bond acceptors (Lipinski definition) is 5. The molecular formula is C15H20N4S. The normalized spacial score (nSPS) is 20.2. The van der Waals surface area contributed by atoms with Gasteiger partial charge in [0.1, 0.15) is 0 Å². The summed E-state index contributed by atoms with van der Waals surface area (Å²) in [4.78, 5) is 13.5. The topological polar surface area (TPSA) is 32.3 Å². The average molecular weight is 288 g/mol. The van der Waals surface area contributed by atoms with Gasteiger partial charge in [-0.25, -0.2) is 4.98 Å². The highest BCUT2D eigenvalue weighted by Crippen LogP contribution is 2.22. The van der Waals surface area contributed by atoms with Gasteiger partial charge in [-0.3, -0.25) is 9.88 Å². The van der Waals surface area contributed by atoms with Crippen LogP contribution in [0.15, 0.2) is 36.1 Å². The lowest BCUT2D eigenvalue weighted by Crippen LogP contribution is -2.52. The third kappa shape index (κ3) is 3.16. The molecule has 5 heteroatoms. The van der Waals surface area contributed by atoms with E-state index in [-0.39, 0.29) is 0 Å². The Labute approximate surface area is 124 Å². The number of piperazine rings is 1. The van der Waals surface area contributed by atoms with E-state index in [9.17, 15) is 0 Å². The fourth-order valence-electron chi connectivity index (χ4n) is 2.71. The number of rotatable bonds is 4. The lowest BCUT2D eigenvalue weighted by Gasteiger charge is -2.39. The summed E-state index contributed by atoms with van der Waals surface area (Å²) in [7, 11) is 0. The average Bonchev–Trinajstić information content (AvgIpc) is 3.00. The second-order valence-electron chi connectivity index (χ2n) is 5.26. The first-order valence-corrected chi connectivity index (χ1v) is 7.98.